The van der Waals surface area contributed by atoms with Gasteiger partial charge in [0.2, 0.25) is 0 Å². The lowest BCUT2D eigenvalue weighted by Crippen LogP contribution is -2.35. The van der Waals surface area contributed by atoms with Gasteiger partial charge in [0.15, 0.2) is 0 Å². The molecule has 0 unspecified atom stereocenters. The SMILES string of the molecule is Cc1cnccc1N(CCCl)C1CCCC1. The second-order valence-corrected chi connectivity index (χ2v) is 4.86. The van der Waals surface area contributed by atoms with Crippen LogP contribution in [0.25, 0.3) is 0 Å². The first-order valence-electron chi connectivity index (χ1n) is 6.06. The zero-order valence-corrected chi connectivity index (χ0v) is 10.6. The molecule has 0 radical (unpaired) electrons. The van der Waals surface area contributed by atoms with E-state index in [4.69, 9.17) is 11.6 Å². The van der Waals surface area contributed by atoms with Crippen molar-refractivity contribution in [3.63, 3.8) is 0 Å². The topological polar surface area (TPSA) is 16.1 Å². The van der Waals surface area contributed by atoms with Crippen LogP contribution >= 0.6 is 11.6 Å². The molecule has 0 N–H and O–H groups in total. The van der Waals surface area contributed by atoms with Crippen molar-refractivity contribution in [2.45, 2.75) is 38.6 Å². The summed E-state index contributed by atoms with van der Waals surface area (Å²) in [5.74, 6) is 0.693. The van der Waals surface area contributed by atoms with Gasteiger partial charge in [-0.05, 0) is 31.4 Å². The van der Waals surface area contributed by atoms with Crippen molar-refractivity contribution in [1.29, 1.82) is 0 Å². The molecular weight excluding hydrogens is 220 g/mol. The highest BCUT2D eigenvalue weighted by Gasteiger charge is 2.23. The van der Waals surface area contributed by atoms with Gasteiger partial charge < -0.3 is 4.90 Å². The maximum atomic E-state index is 5.92. The molecule has 0 amide bonds. The van der Waals surface area contributed by atoms with Crippen LogP contribution in [0.4, 0.5) is 5.69 Å². The quantitative estimate of drug-likeness (QED) is 0.748. The molecule has 0 bridgehead atoms. The summed E-state index contributed by atoms with van der Waals surface area (Å²) >= 11 is 5.92. The Labute approximate surface area is 103 Å². The van der Waals surface area contributed by atoms with Crippen LogP contribution in [0.5, 0.6) is 0 Å². The minimum Gasteiger partial charge on any atom is -0.367 e. The fraction of sp³-hybridized carbons (Fsp3) is 0.615. The summed E-state index contributed by atoms with van der Waals surface area (Å²) in [6.07, 6.45) is 9.13. The first kappa shape index (κ1) is 11.7. The lowest BCUT2D eigenvalue weighted by molar-refractivity contribution is 0.619. The Bertz CT molecular complexity index is 334. The van der Waals surface area contributed by atoms with E-state index in [1.54, 1.807) is 0 Å². The van der Waals surface area contributed by atoms with Crippen LogP contribution in [0.3, 0.4) is 0 Å². The third-order valence-electron chi connectivity index (χ3n) is 3.39. The number of anilines is 1. The normalized spacial score (nSPS) is 16.6. The van der Waals surface area contributed by atoms with Gasteiger partial charge in [0.25, 0.3) is 0 Å². The minimum atomic E-state index is 0.680. The largest absolute Gasteiger partial charge is 0.367 e. The van der Waals surface area contributed by atoms with E-state index in [9.17, 15) is 0 Å². The van der Waals surface area contributed by atoms with Crippen molar-refractivity contribution in [3.05, 3.63) is 24.0 Å². The summed E-state index contributed by atoms with van der Waals surface area (Å²) in [5.41, 5.74) is 2.56. The molecule has 16 heavy (non-hydrogen) atoms. The molecule has 2 rings (SSSR count). The third kappa shape index (κ3) is 2.49. The number of nitrogens with zero attached hydrogens (tertiary/aromatic N) is 2. The summed E-state index contributed by atoms with van der Waals surface area (Å²) in [7, 11) is 0. The van der Waals surface area contributed by atoms with Crippen molar-refractivity contribution >= 4 is 17.3 Å². The lowest BCUT2D eigenvalue weighted by Gasteiger charge is -2.31. The second-order valence-electron chi connectivity index (χ2n) is 4.48. The van der Waals surface area contributed by atoms with Crippen molar-refractivity contribution in [3.8, 4) is 0 Å². The molecule has 1 fully saturated rings. The van der Waals surface area contributed by atoms with Crippen molar-refractivity contribution in [2.24, 2.45) is 0 Å². The van der Waals surface area contributed by atoms with Gasteiger partial charge in [0.05, 0.1) is 0 Å². The van der Waals surface area contributed by atoms with Gasteiger partial charge in [-0.3, -0.25) is 4.98 Å². The highest BCUT2D eigenvalue weighted by atomic mass is 35.5. The number of pyridine rings is 1. The third-order valence-corrected chi connectivity index (χ3v) is 3.56. The fourth-order valence-electron chi connectivity index (χ4n) is 2.60. The average molecular weight is 239 g/mol. The summed E-state index contributed by atoms with van der Waals surface area (Å²) in [4.78, 5) is 6.62. The Hall–Kier alpha value is -0.760. The fourth-order valence-corrected chi connectivity index (χ4v) is 2.78. The van der Waals surface area contributed by atoms with Gasteiger partial charge >= 0.3 is 0 Å². The zero-order chi connectivity index (χ0) is 11.4. The molecule has 0 aromatic carbocycles. The molecule has 1 aromatic heterocycles. The van der Waals surface area contributed by atoms with Crippen molar-refractivity contribution in [2.75, 3.05) is 17.3 Å². The molecule has 0 saturated heterocycles. The summed E-state index contributed by atoms with van der Waals surface area (Å²) in [6.45, 7) is 3.07. The van der Waals surface area contributed by atoms with E-state index >= 15 is 0 Å². The van der Waals surface area contributed by atoms with Gasteiger partial charge in [0.1, 0.15) is 0 Å². The molecule has 0 spiro atoms. The summed E-state index contributed by atoms with van der Waals surface area (Å²) in [5, 5.41) is 0. The van der Waals surface area contributed by atoms with E-state index in [-0.39, 0.29) is 0 Å². The van der Waals surface area contributed by atoms with Gasteiger partial charge in [-0.1, -0.05) is 12.8 Å². The summed E-state index contributed by atoms with van der Waals surface area (Å²) < 4.78 is 0. The number of halogens is 1. The maximum absolute atomic E-state index is 5.92. The van der Waals surface area contributed by atoms with Crippen molar-refractivity contribution < 1.29 is 0 Å². The molecule has 1 aliphatic rings. The smallest absolute Gasteiger partial charge is 0.0429 e. The van der Waals surface area contributed by atoms with Crippen LogP contribution in [0.2, 0.25) is 0 Å². The average Bonchev–Trinajstić information content (AvgIpc) is 2.80. The number of alkyl halides is 1. The molecule has 1 aliphatic carbocycles. The number of hydrogen-bond donors (Lipinski definition) is 0. The van der Waals surface area contributed by atoms with Crippen LogP contribution in [0, 0.1) is 6.92 Å². The lowest BCUT2D eigenvalue weighted by atomic mass is 10.1. The Morgan fingerprint density at radius 1 is 1.44 bits per heavy atom. The molecule has 0 aliphatic heterocycles. The number of rotatable bonds is 4. The molecule has 0 atom stereocenters. The standard InChI is InChI=1S/C13H19ClN2/c1-11-10-15-8-6-13(11)16(9-7-14)12-4-2-3-5-12/h6,8,10,12H,2-5,7,9H2,1H3. The molecular formula is C13H19ClN2. The highest BCUT2D eigenvalue weighted by Crippen LogP contribution is 2.29. The second kappa shape index (κ2) is 5.53. The zero-order valence-electron chi connectivity index (χ0n) is 9.82. The molecule has 1 aromatic rings. The predicted molar refractivity (Wildman–Crippen MR) is 69.3 cm³/mol. The predicted octanol–water partition coefficient (Wildman–Crippen LogP) is 3.38. The number of aromatic nitrogens is 1. The molecule has 88 valence electrons. The van der Waals surface area contributed by atoms with Crippen LogP contribution in [0.15, 0.2) is 18.5 Å². The van der Waals surface area contributed by atoms with Crippen LogP contribution in [0.1, 0.15) is 31.2 Å². The van der Waals surface area contributed by atoms with E-state index in [0.717, 1.165) is 6.54 Å². The van der Waals surface area contributed by atoms with E-state index in [0.29, 0.717) is 11.9 Å². The van der Waals surface area contributed by atoms with E-state index < -0.39 is 0 Å². The molecule has 1 heterocycles. The Morgan fingerprint density at radius 3 is 2.81 bits per heavy atom. The Morgan fingerprint density at radius 2 is 2.19 bits per heavy atom. The van der Waals surface area contributed by atoms with Gasteiger partial charge in [-0.15, -0.1) is 11.6 Å². The van der Waals surface area contributed by atoms with Crippen LogP contribution in [-0.4, -0.2) is 23.5 Å². The highest BCUT2D eigenvalue weighted by molar-refractivity contribution is 6.18. The van der Waals surface area contributed by atoms with E-state index in [1.165, 1.54) is 36.9 Å². The monoisotopic (exact) mass is 238 g/mol. The van der Waals surface area contributed by atoms with Gasteiger partial charge in [-0.2, -0.15) is 0 Å². The maximum Gasteiger partial charge on any atom is 0.0429 e. The minimum absolute atomic E-state index is 0.680. The first-order valence-corrected chi connectivity index (χ1v) is 6.59. The Balaban J connectivity index is 2.21. The van der Waals surface area contributed by atoms with E-state index in [1.807, 2.05) is 12.4 Å². The van der Waals surface area contributed by atoms with Crippen LogP contribution in [-0.2, 0) is 0 Å². The molecule has 2 nitrogen and oxygen atoms in total. The number of aryl methyl sites for hydroxylation is 1. The van der Waals surface area contributed by atoms with Crippen LogP contribution < -0.4 is 4.90 Å². The number of hydrogen-bond acceptors (Lipinski definition) is 2. The van der Waals surface area contributed by atoms with Crippen molar-refractivity contribution in [1.82, 2.24) is 4.98 Å². The summed E-state index contributed by atoms with van der Waals surface area (Å²) in [6, 6.07) is 2.79. The molecule has 3 heteroatoms. The first-order chi connectivity index (χ1) is 7.83. The van der Waals surface area contributed by atoms with E-state index in [2.05, 4.69) is 22.9 Å². The van der Waals surface area contributed by atoms with Gasteiger partial charge in [0, 0.05) is 36.5 Å². The Kier molecular flexibility index (Phi) is 4.05. The molecule has 1 saturated carbocycles. The van der Waals surface area contributed by atoms with Gasteiger partial charge in [-0.25, -0.2) is 0 Å².